The summed E-state index contributed by atoms with van der Waals surface area (Å²) in [5, 5.41) is 10.3. The molecule has 3 N–H and O–H groups in total. The number of nitrogens with two attached hydrogens (primary N) is 1. The molecule has 0 radical (unpaired) electrons. The van der Waals surface area contributed by atoms with E-state index in [2.05, 4.69) is 0 Å². The summed E-state index contributed by atoms with van der Waals surface area (Å²) in [7, 11) is 0. The first-order chi connectivity index (χ1) is 8.89. The molecule has 3 nitrogen and oxygen atoms in total. The highest BCUT2D eigenvalue weighted by Crippen LogP contribution is 2.40. The zero-order chi connectivity index (χ0) is 14.1. The van der Waals surface area contributed by atoms with Crippen LogP contribution in [0.5, 0.6) is 0 Å². The highest BCUT2D eigenvalue weighted by Gasteiger charge is 2.41. The van der Waals surface area contributed by atoms with E-state index >= 15 is 0 Å². The van der Waals surface area contributed by atoms with Crippen molar-refractivity contribution in [1.82, 2.24) is 0 Å². The average molecular weight is 275 g/mol. The van der Waals surface area contributed by atoms with Crippen molar-refractivity contribution in [3.05, 3.63) is 35.4 Å². The van der Waals surface area contributed by atoms with Crippen molar-refractivity contribution in [2.45, 2.75) is 18.7 Å². The molecule has 19 heavy (non-hydrogen) atoms. The minimum atomic E-state index is -4.37. The standard InChI is InChI=1S/C13H16F3NO2/c14-13(15,16)10-3-1-9(2-4-10)11(18)12(7-17)5-6-19-8-12/h1-4,11,18H,5-8,17H2. The monoisotopic (exact) mass is 275 g/mol. The number of hydrogen-bond acceptors (Lipinski definition) is 3. The number of rotatable bonds is 3. The first-order valence-electron chi connectivity index (χ1n) is 6.02. The van der Waals surface area contributed by atoms with Crippen LogP contribution in [0.2, 0.25) is 0 Å². The minimum Gasteiger partial charge on any atom is -0.388 e. The van der Waals surface area contributed by atoms with E-state index in [9.17, 15) is 18.3 Å². The van der Waals surface area contributed by atoms with Gasteiger partial charge in [0.15, 0.2) is 0 Å². The van der Waals surface area contributed by atoms with Gasteiger partial charge in [0.2, 0.25) is 0 Å². The molecule has 2 rings (SSSR count). The number of alkyl halides is 3. The summed E-state index contributed by atoms with van der Waals surface area (Å²) in [5.41, 5.74) is 4.79. The topological polar surface area (TPSA) is 55.5 Å². The van der Waals surface area contributed by atoms with Crippen molar-refractivity contribution in [2.75, 3.05) is 19.8 Å². The lowest BCUT2D eigenvalue weighted by molar-refractivity contribution is -0.137. The molecule has 0 aromatic heterocycles. The zero-order valence-electron chi connectivity index (χ0n) is 10.3. The first kappa shape index (κ1) is 14.3. The van der Waals surface area contributed by atoms with Crippen LogP contribution >= 0.6 is 0 Å². The van der Waals surface area contributed by atoms with E-state index in [1.54, 1.807) is 0 Å². The molecule has 1 aromatic rings. The Bertz CT molecular complexity index is 425. The molecule has 1 saturated heterocycles. The van der Waals surface area contributed by atoms with Crippen molar-refractivity contribution in [1.29, 1.82) is 0 Å². The van der Waals surface area contributed by atoms with Crippen molar-refractivity contribution in [2.24, 2.45) is 11.1 Å². The van der Waals surface area contributed by atoms with E-state index in [0.717, 1.165) is 12.1 Å². The van der Waals surface area contributed by atoms with Crippen LogP contribution in [-0.2, 0) is 10.9 Å². The van der Waals surface area contributed by atoms with Gasteiger partial charge in [-0.3, -0.25) is 0 Å². The van der Waals surface area contributed by atoms with E-state index in [-0.39, 0.29) is 6.54 Å². The number of aliphatic hydroxyl groups is 1. The second kappa shape index (κ2) is 5.11. The molecule has 1 fully saturated rings. The molecule has 1 aromatic carbocycles. The maximum atomic E-state index is 12.5. The summed E-state index contributed by atoms with van der Waals surface area (Å²) >= 11 is 0. The van der Waals surface area contributed by atoms with Crippen LogP contribution in [-0.4, -0.2) is 24.9 Å². The smallest absolute Gasteiger partial charge is 0.388 e. The molecule has 1 aliphatic heterocycles. The summed E-state index contributed by atoms with van der Waals surface area (Å²) < 4.78 is 42.6. The van der Waals surface area contributed by atoms with E-state index in [1.807, 2.05) is 0 Å². The molecule has 106 valence electrons. The highest BCUT2D eigenvalue weighted by atomic mass is 19.4. The van der Waals surface area contributed by atoms with Crippen molar-refractivity contribution < 1.29 is 23.0 Å². The lowest BCUT2D eigenvalue weighted by Crippen LogP contribution is -2.37. The van der Waals surface area contributed by atoms with Gasteiger partial charge in [0.25, 0.3) is 0 Å². The molecule has 0 bridgehead atoms. The predicted molar refractivity (Wildman–Crippen MR) is 63.3 cm³/mol. The third-order valence-electron chi connectivity index (χ3n) is 3.67. The molecule has 2 unspecified atom stereocenters. The third kappa shape index (κ3) is 2.75. The number of hydrogen-bond donors (Lipinski definition) is 2. The molecule has 1 heterocycles. The summed E-state index contributed by atoms with van der Waals surface area (Å²) in [5.74, 6) is 0. The molecular weight excluding hydrogens is 259 g/mol. The maximum Gasteiger partial charge on any atom is 0.416 e. The van der Waals surface area contributed by atoms with Gasteiger partial charge in [-0.25, -0.2) is 0 Å². The van der Waals surface area contributed by atoms with Gasteiger partial charge < -0.3 is 15.6 Å². The summed E-state index contributed by atoms with van der Waals surface area (Å²) in [6.07, 6.45) is -4.68. The predicted octanol–water partition coefficient (Wildman–Crippen LogP) is 2.10. The Kier molecular flexibility index (Phi) is 3.85. The molecule has 0 amide bonds. The molecule has 0 spiro atoms. The Hall–Kier alpha value is -1.11. The van der Waals surface area contributed by atoms with Gasteiger partial charge in [0.1, 0.15) is 0 Å². The van der Waals surface area contributed by atoms with Crippen LogP contribution < -0.4 is 5.73 Å². The number of halogens is 3. The quantitative estimate of drug-likeness (QED) is 0.888. The molecule has 2 atom stereocenters. The molecule has 0 aliphatic carbocycles. The van der Waals surface area contributed by atoms with Gasteiger partial charge in [0.05, 0.1) is 18.3 Å². The molecular formula is C13H16F3NO2. The van der Waals surface area contributed by atoms with Crippen LogP contribution in [0.25, 0.3) is 0 Å². The Morgan fingerprint density at radius 3 is 2.37 bits per heavy atom. The Balaban J connectivity index is 2.22. The summed E-state index contributed by atoms with van der Waals surface area (Å²) in [4.78, 5) is 0. The average Bonchev–Trinajstić information content (AvgIpc) is 2.87. The van der Waals surface area contributed by atoms with Crippen molar-refractivity contribution in [3.63, 3.8) is 0 Å². The first-order valence-corrected chi connectivity index (χ1v) is 6.02. The van der Waals surface area contributed by atoms with Crippen molar-refractivity contribution in [3.8, 4) is 0 Å². The second-order valence-corrected chi connectivity index (χ2v) is 4.89. The minimum absolute atomic E-state index is 0.231. The zero-order valence-corrected chi connectivity index (χ0v) is 10.3. The number of aliphatic hydroxyl groups excluding tert-OH is 1. The van der Waals surface area contributed by atoms with Gasteiger partial charge in [-0.1, -0.05) is 12.1 Å². The van der Waals surface area contributed by atoms with Gasteiger partial charge >= 0.3 is 6.18 Å². The fraction of sp³-hybridized carbons (Fsp3) is 0.538. The van der Waals surface area contributed by atoms with E-state index in [1.165, 1.54) is 12.1 Å². The van der Waals surface area contributed by atoms with Gasteiger partial charge in [-0.2, -0.15) is 13.2 Å². The summed E-state index contributed by atoms with van der Waals surface area (Å²) in [6, 6.07) is 4.53. The number of ether oxygens (including phenoxy) is 1. The lowest BCUT2D eigenvalue weighted by atomic mass is 9.78. The van der Waals surface area contributed by atoms with Crippen LogP contribution in [0.1, 0.15) is 23.7 Å². The van der Waals surface area contributed by atoms with Crippen molar-refractivity contribution >= 4 is 0 Å². The maximum absolute atomic E-state index is 12.5. The normalized spacial score (nSPS) is 25.5. The van der Waals surface area contributed by atoms with Gasteiger partial charge in [-0.15, -0.1) is 0 Å². The lowest BCUT2D eigenvalue weighted by Gasteiger charge is -2.31. The van der Waals surface area contributed by atoms with E-state index in [4.69, 9.17) is 10.5 Å². The Morgan fingerprint density at radius 2 is 1.95 bits per heavy atom. The van der Waals surface area contributed by atoms with E-state index in [0.29, 0.717) is 25.2 Å². The van der Waals surface area contributed by atoms with Crippen LogP contribution in [0.4, 0.5) is 13.2 Å². The third-order valence-corrected chi connectivity index (χ3v) is 3.67. The molecule has 6 heteroatoms. The Morgan fingerprint density at radius 1 is 1.32 bits per heavy atom. The van der Waals surface area contributed by atoms with E-state index < -0.39 is 23.3 Å². The Labute approximate surface area is 109 Å². The fourth-order valence-corrected chi connectivity index (χ4v) is 2.32. The SMILES string of the molecule is NCC1(C(O)c2ccc(C(F)(F)F)cc2)CCOC1. The fourth-order valence-electron chi connectivity index (χ4n) is 2.32. The largest absolute Gasteiger partial charge is 0.416 e. The summed E-state index contributed by atoms with van der Waals surface area (Å²) in [6.45, 7) is 1.07. The van der Waals surface area contributed by atoms with Crippen LogP contribution in [0.3, 0.4) is 0 Å². The van der Waals surface area contributed by atoms with Crippen LogP contribution in [0, 0.1) is 5.41 Å². The number of benzene rings is 1. The van der Waals surface area contributed by atoms with Crippen LogP contribution in [0.15, 0.2) is 24.3 Å². The van der Waals surface area contributed by atoms with Gasteiger partial charge in [-0.05, 0) is 24.1 Å². The second-order valence-electron chi connectivity index (χ2n) is 4.89. The molecule has 1 aliphatic rings. The van der Waals surface area contributed by atoms with Gasteiger partial charge in [0, 0.05) is 18.6 Å². The molecule has 0 saturated carbocycles. The highest BCUT2D eigenvalue weighted by molar-refractivity contribution is 5.27.